The standard InChI is InChI=1S/C19H26FN5O/c1-12(2)18-22-17(23-25(18)16-9-5-4-8-15(16)20)19(26)24-10-6-7-14(11-24)13(3)21/h4-5,8-9,12-14H,6-7,10-11,21H2,1-3H3. The lowest BCUT2D eigenvalue weighted by molar-refractivity contribution is 0.0648. The quantitative estimate of drug-likeness (QED) is 0.911. The molecule has 1 fully saturated rings. The smallest absolute Gasteiger partial charge is 0.293 e. The molecule has 2 atom stereocenters. The molecule has 3 rings (SSSR count). The molecule has 26 heavy (non-hydrogen) atoms. The molecular formula is C19H26FN5O. The van der Waals surface area contributed by atoms with Gasteiger partial charge in [0.1, 0.15) is 17.3 Å². The number of para-hydroxylation sites is 1. The Balaban J connectivity index is 1.92. The van der Waals surface area contributed by atoms with Crippen molar-refractivity contribution >= 4 is 5.91 Å². The van der Waals surface area contributed by atoms with Gasteiger partial charge in [-0.2, -0.15) is 0 Å². The van der Waals surface area contributed by atoms with Gasteiger partial charge < -0.3 is 10.6 Å². The first kappa shape index (κ1) is 18.5. The Morgan fingerprint density at radius 1 is 1.31 bits per heavy atom. The monoisotopic (exact) mass is 359 g/mol. The molecule has 7 heteroatoms. The van der Waals surface area contributed by atoms with Gasteiger partial charge in [-0.25, -0.2) is 14.1 Å². The average molecular weight is 359 g/mol. The number of aromatic nitrogens is 3. The normalized spacial score (nSPS) is 19.0. The third kappa shape index (κ3) is 3.62. The summed E-state index contributed by atoms with van der Waals surface area (Å²) >= 11 is 0. The zero-order valence-electron chi connectivity index (χ0n) is 15.5. The van der Waals surface area contributed by atoms with Crippen molar-refractivity contribution in [2.45, 2.75) is 45.6 Å². The van der Waals surface area contributed by atoms with Crippen LogP contribution in [0.3, 0.4) is 0 Å². The fourth-order valence-electron chi connectivity index (χ4n) is 3.35. The van der Waals surface area contributed by atoms with E-state index >= 15 is 0 Å². The number of piperidine rings is 1. The summed E-state index contributed by atoms with van der Waals surface area (Å²) in [6, 6.07) is 6.42. The molecular weight excluding hydrogens is 333 g/mol. The van der Waals surface area contributed by atoms with Gasteiger partial charge in [0.15, 0.2) is 0 Å². The molecule has 0 aliphatic carbocycles. The molecule has 1 aromatic carbocycles. The summed E-state index contributed by atoms with van der Waals surface area (Å²) in [5.41, 5.74) is 6.31. The second-order valence-corrected chi connectivity index (χ2v) is 7.32. The summed E-state index contributed by atoms with van der Waals surface area (Å²) in [5.74, 6) is 0.356. The van der Waals surface area contributed by atoms with Crippen molar-refractivity contribution in [3.8, 4) is 5.69 Å². The van der Waals surface area contributed by atoms with Crippen molar-refractivity contribution in [3.63, 3.8) is 0 Å². The highest BCUT2D eigenvalue weighted by atomic mass is 19.1. The molecule has 1 amide bonds. The highest BCUT2D eigenvalue weighted by Gasteiger charge is 2.30. The number of nitrogens with zero attached hydrogens (tertiary/aromatic N) is 4. The third-order valence-electron chi connectivity index (χ3n) is 4.91. The van der Waals surface area contributed by atoms with Crippen LogP contribution in [0.15, 0.2) is 24.3 Å². The molecule has 140 valence electrons. The molecule has 2 heterocycles. The second-order valence-electron chi connectivity index (χ2n) is 7.32. The zero-order valence-corrected chi connectivity index (χ0v) is 15.5. The first-order valence-electron chi connectivity index (χ1n) is 9.15. The van der Waals surface area contributed by atoms with Crippen LogP contribution < -0.4 is 5.73 Å². The van der Waals surface area contributed by atoms with Crippen molar-refractivity contribution in [1.29, 1.82) is 0 Å². The molecule has 1 aliphatic heterocycles. The molecule has 0 bridgehead atoms. The van der Waals surface area contributed by atoms with E-state index in [1.807, 2.05) is 20.8 Å². The van der Waals surface area contributed by atoms with Crippen molar-refractivity contribution in [3.05, 3.63) is 41.7 Å². The maximum atomic E-state index is 14.2. The summed E-state index contributed by atoms with van der Waals surface area (Å²) < 4.78 is 15.7. The zero-order chi connectivity index (χ0) is 18.8. The van der Waals surface area contributed by atoms with E-state index in [0.717, 1.165) is 12.8 Å². The first-order chi connectivity index (χ1) is 12.4. The van der Waals surface area contributed by atoms with Gasteiger partial charge >= 0.3 is 0 Å². The van der Waals surface area contributed by atoms with Gasteiger partial charge in [-0.05, 0) is 37.8 Å². The van der Waals surface area contributed by atoms with E-state index in [4.69, 9.17) is 5.73 Å². The number of likely N-dealkylation sites (tertiary alicyclic amines) is 1. The van der Waals surface area contributed by atoms with Crippen LogP contribution in [0.2, 0.25) is 0 Å². The van der Waals surface area contributed by atoms with E-state index in [1.54, 1.807) is 23.1 Å². The first-order valence-corrected chi connectivity index (χ1v) is 9.15. The van der Waals surface area contributed by atoms with Crippen LogP contribution in [-0.4, -0.2) is 44.7 Å². The summed E-state index contributed by atoms with van der Waals surface area (Å²) in [4.78, 5) is 19.1. The van der Waals surface area contributed by atoms with Crippen LogP contribution in [0, 0.1) is 11.7 Å². The lowest BCUT2D eigenvalue weighted by atomic mass is 9.92. The summed E-state index contributed by atoms with van der Waals surface area (Å²) in [6.45, 7) is 7.15. The summed E-state index contributed by atoms with van der Waals surface area (Å²) in [7, 11) is 0. The SMILES string of the molecule is CC(C)c1nc(C(=O)N2CCCC(C(C)N)C2)nn1-c1ccccc1F. The number of amides is 1. The van der Waals surface area contributed by atoms with Gasteiger partial charge in [-0.15, -0.1) is 5.10 Å². The Morgan fingerprint density at radius 2 is 2.04 bits per heavy atom. The fraction of sp³-hybridized carbons (Fsp3) is 0.526. The minimum absolute atomic E-state index is 0.00169. The highest BCUT2D eigenvalue weighted by molar-refractivity contribution is 5.90. The minimum Gasteiger partial charge on any atom is -0.336 e. The van der Waals surface area contributed by atoms with Crippen molar-refractivity contribution in [2.24, 2.45) is 11.7 Å². The third-order valence-corrected chi connectivity index (χ3v) is 4.91. The second kappa shape index (κ2) is 7.53. The number of hydrogen-bond donors (Lipinski definition) is 1. The van der Waals surface area contributed by atoms with E-state index in [1.165, 1.54) is 10.7 Å². The van der Waals surface area contributed by atoms with Crippen molar-refractivity contribution < 1.29 is 9.18 Å². The van der Waals surface area contributed by atoms with Gasteiger partial charge in [0.05, 0.1) is 0 Å². The largest absolute Gasteiger partial charge is 0.336 e. The Bertz CT molecular complexity index is 786. The van der Waals surface area contributed by atoms with Crippen LogP contribution in [-0.2, 0) is 0 Å². The van der Waals surface area contributed by atoms with E-state index in [0.29, 0.717) is 24.6 Å². The Hall–Kier alpha value is -2.28. The van der Waals surface area contributed by atoms with E-state index in [9.17, 15) is 9.18 Å². The minimum atomic E-state index is -0.395. The number of rotatable bonds is 4. The van der Waals surface area contributed by atoms with Crippen LogP contribution >= 0.6 is 0 Å². The lowest BCUT2D eigenvalue weighted by Gasteiger charge is -2.33. The Labute approximate surface area is 153 Å². The van der Waals surface area contributed by atoms with Crippen molar-refractivity contribution in [1.82, 2.24) is 19.7 Å². The predicted molar refractivity (Wildman–Crippen MR) is 97.7 cm³/mol. The predicted octanol–water partition coefficient (Wildman–Crippen LogP) is 2.73. The molecule has 0 saturated carbocycles. The van der Waals surface area contributed by atoms with Crippen LogP contribution in [0.5, 0.6) is 0 Å². The van der Waals surface area contributed by atoms with E-state index in [2.05, 4.69) is 10.1 Å². The van der Waals surface area contributed by atoms with Gasteiger partial charge in [0.25, 0.3) is 5.91 Å². The average Bonchev–Trinajstić information content (AvgIpc) is 3.07. The van der Waals surface area contributed by atoms with E-state index in [-0.39, 0.29) is 29.6 Å². The summed E-state index contributed by atoms with van der Waals surface area (Å²) in [6.07, 6.45) is 1.94. The number of carbonyl (C=O) groups is 1. The molecule has 2 N–H and O–H groups in total. The van der Waals surface area contributed by atoms with E-state index < -0.39 is 5.82 Å². The highest BCUT2D eigenvalue weighted by Crippen LogP contribution is 2.23. The number of halogens is 1. The number of nitrogens with two attached hydrogens (primary N) is 1. The van der Waals surface area contributed by atoms with Crippen LogP contribution in [0.4, 0.5) is 4.39 Å². The van der Waals surface area contributed by atoms with Gasteiger partial charge in [0.2, 0.25) is 5.82 Å². The molecule has 1 saturated heterocycles. The Kier molecular flexibility index (Phi) is 5.36. The Morgan fingerprint density at radius 3 is 2.69 bits per heavy atom. The number of hydrogen-bond acceptors (Lipinski definition) is 4. The lowest BCUT2D eigenvalue weighted by Crippen LogP contribution is -2.45. The fourth-order valence-corrected chi connectivity index (χ4v) is 3.35. The maximum absolute atomic E-state index is 14.2. The van der Waals surface area contributed by atoms with Gasteiger partial charge in [-0.3, -0.25) is 4.79 Å². The van der Waals surface area contributed by atoms with Crippen LogP contribution in [0.25, 0.3) is 5.69 Å². The molecule has 0 spiro atoms. The van der Waals surface area contributed by atoms with Gasteiger partial charge in [-0.1, -0.05) is 26.0 Å². The van der Waals surface area contributed by atoms with Gasteiger partial charge in [0, 0.05) is 25.0 Å². The molecule has 6 nitrogen and oxygen atoms in total. The number of benzene rings is 1. The molecule has 2 aromatic rings. The molecule has 1 aliphatic rings. The maximum Gasteiger partial charge on any atom is 0.293 e. The topological polar surface area (TPSA) is 77.0 Å². The summed E-state index contributed by atoms with van der Waals surface area (Å²) in [5, 5.41) is 4.35. The van der Waals surface area contributed by atoms with Crippen molar-refractivity contribution in [2.75, 3.05) is 13.1 Å². The van der Waals surface area contributed by atoms with Crippen LogP contribution in [0.1, 0.15) is 56.0 Å². The molecule has 1 aromatic heterocycles. The molecule has 0 radical (unpaired) electrons. The molecule has 2 unspecified atom stereocenters. The number of carbonyl (C=O) groups excluding carboxylic acids is 1.